The second-order valence-electron chi connectivity index (χ2n) is 2.65. The summed E-state index contributed by atoms with van der Waals surface area (Å²) in [7, 11) is 1.32. The zero-order valence-corrected chi connectivity index (χ0v) is 8.07. The van der Waals surface area contributed by atoms with E-state index in [2.05, 4.69) is 20.0 Å². The number of nitrogens with two attached hydrogens (primary N) is 1. The highest BCUT2D eigenvalue weighted by molar-refractivity contribution is 5.74. The predicted molar refractivity (Wildman–Crippen MR) is 51.7 cm³/mol. The molecule has 1 heterocycles. The second-order valence-corrected chi connectivity index (χ2v) is 2.65. The molecule has 0 unspecified atom stereocenters. The summed E-state index contributed by atoms with van der Waals surface area (Å²) < 4.78 is 4.46. The Labute approximate surface area is 81.5 Å². The standard InChI is InChI=1S/C8H12N4O2/c1-5-11-6(9)3-7(12-5)10-4-8(13)14-2/h3H,4H2,1-2H3,(H3,9,10,11,12). The molecule has 0 radical (unpaired) electrons. The van der Waals surface area contributed by atoms with Crippen LogP contribution in [0.25, 0.3) is 0 Å². The molecule has 14 heavy (non-hydrogen) atoms. The molecule has 0 aliphatic rings. The van der Waals surface area contributed by atoms with Crippen molar-refractivity contribution in [1.82, 2.24) is 9.97 Å². The molecule has 0 saturated carbocycles. The van der Waals surface area contributed by atoms with E-state index in [0.717, 1.165) is 0 Å². The second kappa shape index (κ2) is 4.40. The van der Waals surface area contributed by atoms with Crippen LogP contribution >= 0.6 is 0 Å². The van der Waals surface area contributed by atoms with Crippen LogP contribution in [0.2, 0.25) is 0 Å². The van der Waals surface area contributed by atoms with Gasteiger partial charge in [-0.3, -0.25) is 4.79 Å². The first-order valence-electron chi connectivity index (χ1n) is 4.03. The van der Waals surface area contributed by atoms with Gasteiger partial charge < -0.3 is 15.8 Å². The first kappa shape index (κ1) is 10.2. The van der Waals surface area contributed by atoms with Gasteiger partial charge in [-0.25, -0.2) is 9.97 Å². The Balaban J connectivity index is 2.63. The first-order chi connectivity index (χ1) is 6.61. The lowest BCUT2D eigenvalue weighted by atomic mass is 10.5. The van der Waals surface area contributed by atoms with Crippen LogP contribution in [0.5, 0.6) is 0 Å². The number of nitrogen functional groups attached to an aromatic ring is 1. The molecule has 0 saturated heterocycles. The number of esters is 1. The van der Waals surface area contributed by atoms with Crippen LogP contribution in [0, 0.1) is 6.92 Å². The molecule has 0 aromatic carbocycles. The third-order valence-corrected chi connectivity index (χ3v) is 1.50. The van der Waals surface area contributed by atoms with Crippen molar-refractivity contribution in [2.24, 2.45) is 0 Å². The smallest absolute Gasteiger partial charge is 0.325 e. The number of carbonyl (C=O) groups excluding carboxylic acids is 1. The minimum absolute atomic E-state index is 0.0619. The summed E-state index contributed by atoms with van der Waals surface area (Å²) in [5, 5.41) is 2.77. The molecule has 0 aliphatic carbocycles. The number of rotatable bonds is 3. The monoisotopic (exact) mass is 196 g/mol. The Hall–Kier alpha value is -1.85. The molecule has 0 fully saturated rings. The lowest BCUT2D eigenvalue weighted by Gasteiger charge is -2.05. The Morgan fingerprint density at radius 3 is 2.93 bits per heavy atom. The van der Waals surface area contributed by atoms with Crippen molar-refractivity contribution in [2.45, 2.75) is 6.92 Å². The SMILES string of the molecule is COC(=O)CNc1cc(N)nc(C)n1. The van der Waals surface area contributed by atoms with Crippen molar-refractivity contribution in [3.8, 4) is 0 Å². The van der Waals surface area contributed by atoms with E-state index in [9.17, 15) is 4.79 Å². The summed E-state index contributed by atoms with van der Waals surface area (Å²) in [6.45, 7) is 1.78. The van der Waals surface area contributed by atoms with Crippen LogP contribution in [-0.4, -0.2) is 29.6 Å². The molecular formula is C8H12N4O2. The van der Waals surface area contributed by atoms with Crippen LogP contribution in [0.4, 0.5) is 11.6 Å². The highest BCUT2D eigenvalue weighted by Gasteiger charge is 2.02. The lowest BCUT2D eigenvalue weighted by Crippen LogP contribution is -2.16. The van der Waals surface area contributed by atoms with Gasteiger partial charge in [-0.2, -0.15) is 0 Å². The van der Waals surface area contributed by atoms with Gasteiger partial charge in [0.25, 0.3) is 0 Å². The van der Waals surface area contributed by atoms with Gasteiger partial charge in [-0.05, 0) is 6.92 Å². The Morgan fingerprint density at radius 1 is 1.64 bits per heavy atom. The maximum atomic E-state index is 10.8. The van der Waals surface area contributed by atoms with E-state index in [-0.39, 0.29) is 12.5 Å². The number of aryl methyl sites for hydroxylation is 1. The highest BCUT2D eigenvalue weighted by Crippen LogP contribution is 2.06. The predicted octanol–water partition coefficient (Wildman–Crippen LogP) is -0.0479. The molecule has 3 N–H and O–H groups in total. The number of hydrogen-bond acceptors (Lipinski definition) is 6. The van der Waals surface area contributed by atoms with E-state index in [4.69, 9.17) is 5.73 Å². The Morgan fingerprint density at radius 2 is 2.36 bits per heavy atom. The van der Waals surface area contributed by atoms with Gasteiger partial charge in [0.05, 0.1) is 7.11 Å². The summed E-state index contributed by atoms with van der Waals surface area (Å²) in [5.74, 6) is 1.07. The number of methoxy groups -OCH3 is 1. The molecule has 6 nitrogen and oxygen atoms in total. The summed E-state index contributed by atoms with van der Waals surface area (Å²) in [4.78, 5) is 18.7. The molecular weight excluding hydrogens is 184 g/mol. The minimum atomic E-state index is -0.361. The van der Waals surface area contributed by atoms with E-state index >= 15 is 0 Å². The van der Waals surface area contributed by atoms with Gasteiger partial charge in [0.15, 0.2) is 0 Å². The van der Waals surface area contributed by atoms with Gasteiger partial charge in [-0.15, -0.1) is 0 Å². The number of hydrogen-bond donors (Lipinski definition) is 2. The zero-order valence-electron chi connectivity index (χ0n) is 8.07. The molecule has 1 aromatic heterocycles. The highest BCUT2D eigenvalue weighted by atomic mass is 16.5. The van der Waals surface area contributed by atoms with E-state index in [1.807, 2.05) is 0 Å². The average Bonchev–Trinajstić information content (AvgIpc) is 2.12. The van der Waals surface area contributed by atoms with E-state index in [0.29, 0.717) is 17.5 Å². The van der Waals surface area contributed by atoms with Gasteiger partial charge in [0.2, 0.25) is 0 Å². The summed E-state index contributed by atoms with van der Waals surface area (Å²) >= 11 is 0. The van der Waals surface area contributed by atoms with Crippen molar-refractivity contribution in [1.29, 1.82) is 0 Å². The molecule has 76 valence electrons. The lowest BCUT2D eigenvalue weighted by molar-refractivity contribution is -0.138. The molecule has 0 amide bonds. The van der Waals surface area contributed by atoms with Crippen LogP contribution in [0.1, 0.15) is 5.82 Å². The molecule has 0 aliphatic heterocycles. The topological polar surface area (TPSA) is 90.1 Å². The summed E-state index contributed by atoms with van der Waals surface area (Å²) in [5.41, 5.74) is 5.49. The zero-order chi connectivity index (χ0) is 10.6. The number of anilines is 2. The number of aromatic nitrogens is 2. The summed E-state index contributed by atoms with van der Waals surface area (Å²) in [6, 6.07) is 1.55. The molecule has 0 atom stereocenters. The summed E-state index contributed by atoms with van der Waals surface area (Å²) in [6.07, 6.45) is 0. The third kappa shape index (κ3) is 2.89. The van der Waals surface area contributed by atoms with E-state index in [1.54, 1.807) is 13.0 Å². The largest absolute Gasteiger partial charge is 0.468 e. The van der Waals surface area contributed by atoms with Crippen molar-refractivity contribution in [3.63, 3.8) is 0 Å². The van der Waals surface area contributed by atoms with Crippen molar-refractivity contribution in [3.05, 3.63) is 11.9 Å². The van der Waals surface area contributed by atoms with Crippen molar-refractivity contribution in [2.75, 3.05) is 24.7 Å². The molecule has 0 spiro atoms. The minimum Gasteiger partial charge on any atom is -0.468 e. The van der Waals surface area contributed by atoms with Gasteiger partial charge >= 0.3 is 5.97 Å². The molecule has 1 rings (SSSR count). The maximum absolute atomic E-state index is 10.8. The fraction of sp³-hybridized carbons (Fsp3) is 0.375. The maximum Gasteiger partial charge on any atom is 0.325 e. The molecule has 0 bridgehead atoms. The van der Waals surface area contributed by atoms with E-state index < -0.39 is 0 Å². The molecule has 1 aromatic rings. The van der Waals surface area contributed by atoms with Gasteiger partial charge in [-0.1, -0.05) is 0 Å². The van der Waals surface area contributed by atoms with Crippen molar-refractivity contribution < 1.29 is 9.53 Å². The average molecular weight is 196 g/mol. The van der Waals surface area contributed by atoms with Crippen LogP contribution < -0.4 is 11.1 Å². The molecule has 6 heteroatoms. The van der Waals surface area contributed by atoms with Crippen LogP contribution in [0.15, 0.2) is 6.07 Å². The van der Waals surface area contributed by atoms with Gasteiger partial charge in [0, 0.05) is 6.07 Å². The quantitative estimate of drug-likeness (QED) is 0.659. The number of ether oxygens (including phenoxy) is 1. The number of nitrogens with zero attached hydrogens (tertiary/aromatic N) is 2. The number of nitrogens with one attached hydrogen (secondary N) is 1. The van der Waals surface area contributed by atoms with Crippen LogP contribution in [-0.2, 0) is 9.53 Å². The normalized spacial score (nSPS) is 9.57. The first-order valence-corrected chi connectivity index (χ1v) is 4.03. The number of carbonyl (C=O) groups is 1. The van der Waals surface area contributed by atoms with E-state index in [1.165, 1.54) is 7.11 Å². The fourth-order valence-electron chi connectivity index (χ4n) is 0.916. The Bertz CT molecular complexity index is 320. The van der Waals surface area contributed by atoms with Crippen LogP contribution in [0.3, 0.4) is 0 Å². The third-order valence-electron chi connectivity index (χ3n) is 1.50. The fourth-order valence-corrected chi connectivity index (χ4v) is 0.916. The van der Waals surface area contributed by atoms with Gasteiger partial charge in [0.1, 0.15) is 24.0 Å². The van der Waals surface area contributed by atoms with Crippen molar-refractivity contribution >= 4 is 17.6 Å². The Kier molecular flexibility index (Phi) is 3.22.